The summed E-state index contributed by atoms with van der Waals surface area (Å²) in [5.41, 5.74) is 6.04. The van der Waals surface area contributed by atoms with Crippen LogP contribution in [-0.4, -0.2) is 71.9 Å². The first-order chi connectivity index (χ1) is 29.6. The fourth-order valence-electron chi connectivity index (χ4n) is 9.04. The van der Waals surface area contributed by atoms with E-state index >= 15 is 0 Å². The van der Waals surface area contributed by atoms with Gasteiger partial charge < -0.3 is 24.4 Å². The Kier molecular flexibility index (Phi) is 13.4. The molecule has 2 heterocycles. The molecule has 9 rings (SSSR count). The second-order valence-corrected chi connectivity index (χ2v) is 17.7. The third-order valence-corrected chi connectivity index (χ3v) is 13.8. The number of carboxylic acid groups (broad SMARTS) is 2. The quantitative estimate of drug-likeness (QED) is 0.103. The van der Waals surface area contributed by atoms with Crippen LogP contribution in [0.4, 0.5) is 0 Å². The Morgan fingerprint density at radius 3 is 1.70 bits per heavy atom. The van der Waals surface area contributed by atoms with Gasteiger partial charge in [0.15, 0.2) is 0 Å². The van der Waals surface area contributed by atoms with Gasteiger partial charge in [-0.15, -0.1) is 5.10 Å². The van der Waals surface area contributed by atoms with E-state index in [0.29, 0.717) is 30.2 Å². The molecule has 0 spiro atoms. The number of H-pyrrole nitrogens is 1. The largest absolute Gasteiger partial charge is 0.497 e. The van der Waals surface area contributed by atoms with Crippen molar-refractivity contribution in [3.63, 3.8) is 0 Å². The van der Waals surface area contributed by atoms with Crippen molar-refractivity contribution in [2.24, 2.45) is 0 Å². The summed E-state index contributed by atoms with van der Waals surface area (Å²) in [4.78, 5) is 22.9. The van der Waals surface area contributed by atoms with E-state index in [1.807, 2.05) is 30.3 Å². The maximum Gasteiger partial charge on any atom is 0.362 e. The van der Waals surface area contributed by atoms with Gasteiger partial charge in [0.1, 0.15) is 18.0 Å². The molecule has 0 unspecified atom stereocenters. The highest BCUT2D eigenvalue weighted by molar-refractivity contribution is 6.31. The van der Waals surface area contributed by atoms with Crippen LogP contribution >= 0.6 is 23.2 Å². The van der Waals surface area contributed by atoms with Gasteiger partial charge >= 0.3 is 11.9 Å². The molecule has 61 heavy (non-hydrogen) atoms. The number of aromatic amines is 1. The number of rotatable bonds is 13. The number of ether oxygens (including phenoxy) is 3. The molecule has 2 aromatic heterocycles. The fourth-order valence-corrected chi connectivity index (χ4v) is 9.59. The third kappa shape index (κ3) is 9.99. The average Bonchev–Trinajstić information content (AvgIpc) is 3.86. The van der Waals surface area contributed by atoms with Crippen LogP contribution in [0.2, 0.25) is 10.0 Å². The predicted octanol–water partition coefficient (Wildman–Crippen LogP) is 10.6. The molecule has 0 amide bonds. The maximum absolute atomic E-state index is 11.8. The molecule has 0 radical (unpaired) electrons. The molecule has 0 aliphatic heterocycles. The van der Waals surface area contributed by atoms with Gasteiger partial charge in [-0.3, -0.25) is 0 Å². The lowest BCUT2D eigenvalue weighted by atomic mass is 9.77. The number of hydrogen-bond acceptors (Lipinski definition) is 9. The molecular formula is C46H52Cl2N6O7. The molecule has 4 aliphatic carbocycles. The number of halogens is 2. The van der Waals surface area contributed by atoms with Gasteiger partial charge in [-0.25, -0.2) is 19.4 Å². The zero-order valence-corrected chi connectivity index (χ0v) is 35.8. The molecule has 0 saturated heterocycles. The topological polar surface area (TPSA) is 175 Å². The first-order valence-electron chi connectivity index (χ1n) is 21.5. The van der Waals surface area contributed by atoms with Gasteiger partial charge in [0.2, 0.25) is 17.3 Å². The van der Waals surface area contributed by atoms with Crippen LogP contribution in [0.1, 0.15) is 162 Å². The lowest BCUT2D eigenvalue weighted by Gasteiger charge is -2.31. The Hall–Kier alpha value is -5.14. The van der Waals surface area contributed by atoms with Gasteiger partial charge in [0.05, 0.1) is 13.7 Å². The van der Waals surface area contributed by atoms with Crippen molar-refractivity contribution in [3.8, 4) is 17.5 Å². The highest BCUT2D eigenvalue weighted by atomic mass is 35.5. The molecule has 5 aromatic rings. The normalized spacial score (nSPS) is 21.6. The van der Waals surface area contributed by atoms with E-state index in [0.717, 1.165) is 72.7 Å². The van der Waals surface area contributed by atoms with Crippen molar-refractivity contribution in [3.05, 3.63) is 110 Å². The van der Waals surface area contributed by atoms with E-state index in [1.54, 1.807) is 7.11 Å². The number of carboxylic acids is 2. The second kappa shape index (κ2) is 19.3. The van der Waals surface area contributed by atoms with E-state index in [-0.39, 0.29) is 35.4 Å². The lowest BCUT2D eigenvalue weighted by Crippen LogP contribution is -2.25. The number of benzene rings is 3. The molecule has 0 bridgehead atoms. The molecule has 15 heteroatoms. The van der Waals surface area contributed by atoms with E-state index < -0.39 is 11.9 Å². The number of nitrogens with zero attached hydrogens (tertiary/aromatic N) is 5. The summed E-state index contributed by atoms with van der Waals surface area (Å²) in [5, 5.41) is 38.1. The Morgan fingerprint density at radius 1 is 0.689 bits per heavy atom. The molecule has 3 N–H and O–H groups in total. The zero-order chi connectivity index (χ0) is 42.5. The van der Waals surface area contributed by atoms with Gasteiger partial charge in [-0.2, -0.15) is 0 Å². The van der Waals surface area contributed by atoms with Crippen LogP contribution in [0.3, 0.4) is 0 Å². The number of carbonyl (C=O) groups is 2. The summed E-state index contributed by atoms with van der Waals surface area (Å²) < 4.78 is 18.7. The molecule has 322 valence electrons. The number of methoxy groups -OCH3 is 1. The summed E-state index contributed by atoms with van der Waals surface area (Å²) in [6, 6.07) is 20.6. The molecule has 0 atom stereocenters. The van der Waals surface area contributed by atoms with Crippen LogP contribution in [0.15, 0.2) is 60.7 Å². The van der Waals surface area contributed by atoms with Crippen molar-refractivity contribution in [1.82, 2.24) is 30.4 Å². The van der Waals surface area contributed by atoms with Crippen molar-refractivity contribution >= 4 is 35.1 Å². The summed E-state index contributed by atoms with van der Waals surface area (Å²) >= 11 is 12.9. The van der Waals surface area contributed by atoms with Gasteiger partial charge in [0.25, 0.3) is 5.88 Å². The molecule has 4 saturated carbocycles. The van der Waals surface area contributed by atoms with Gasteiger partial charge in [-0.05, 0) is 153 Å². The average molecular weight is 872 g/mol. The van der Waals surface area contributed by atoms with Crippen LogP contribution in [0.25, 0.3) is 0 Å². The van der Waals surface area contributed by atoms with Gasteiger partial charge in [-0.1, -0.05) is 88.0 Å². The highest BCUT2D eigenvalue weighted by Crippen LogP contribution is 2.44. The number of aromatic nitrogens is 6. The smallest absolute Gasteiger partial charge is 0.362 e. The van der Waals surface area contributed by atoms with Crippen molar-refractivity contribution in [2.75, 3.05) is 7.11 Å². The summed E-state index contributed by atoms with van der Waals surface area (Å²) in [5.74, 6) is 1.01. The molecular weight excluding hydrogens is 819 g/mol. The Balaban J connectivity index is 0.000000176. The van der Waals surface area contributed by atoms with E-state index in [4.69, 9.17) is 42.5 Å². The monoisotopic (exact) mass is 870 g/mol. The predicted molar refractivity (Wildman–Crippen MR) is 230 cm³/mol. The van der Waals surface area contributed by atoms with Crippen LogP contribution in [0.5, 0.6) is 17.5 Å². The number of aromatic carboxylic acids is 2. The molecule has 3 aromatic carbocycles. The number of nitrogens with one attached hydrogen (secondary N) is 1. The fraction of sp³-hybridized carbons (Fsp3) is 0.478. The van der Waals surface area contributed by atoms with Gasteiger partial charge in [0, 0.05) is 10.0 Å². The molecule has 4 aliphatic rings. The summed E-state index contributed by atoms with van der Waals surface area (Å²) in [7, 11) is 1.62. The Bertz CT molecular complexity index is 2290. The lowest BCUT2D eigenvalue weighted by molar-refractivity contribution is 0.0665. The molecule has 4 fully saturated rings. The van der Waals surface area contributed by atoms with Crippen LogP contribution in [-0.2, 0) is 6.54 Å². The minimum atomic E-state index is -1.14. The zero-order valence-electron chi connectivity index (χ0n) is 34.3. The summed E-state index contributed by atoms with van der Waals surface area (Å²) in [6.07, 6.45) is 14.9. The third-order valence-electron chi connectivity index (χ3n) is 13.1. The van der Waals surface area contributed by atoms with E-state index in [9.17, 15) is 14.7 Å². The standard InChI is InChI=1S/C27H30ClN3O4.C19H22ClN3O3/c1-34-21-10-5-17(6-11-21)16-31-26(25(27(32)33)29-30-31)35-22-12-7-18(8-13-22)20-9-14-24(28)23(15-20)19-3-2-4-19;20-16-9-6-13(10-15(16)12-2-1-3-12)11-4-7-14(8-5-11)26-18-17(19(24)25)21-23-22-18/h5-6,9-11,14-15,18-19,22H,2-4,7-8,12-13,16H2,1H3,(H,32,33);6,9-12,14H,1-5,7-8H2,(H,24,25)(H,21,22,23). The first-order valence-corrected chi connectivity index (χ1v) is 22.2. The Labute approximate surface area is 365 Å². The maximum atomic E-state index is 11.8. The SMILES string of the molecule is COc1ccc(Cn2nnc(C(=O)O)c2OC2CCC(c3ccc(Cl)c(C4CCC4)c3)CC2)cc1.O=C(O)c1[nH]nnc1OC1CCC(c2ccc(Cl)c(C3CCC3)c2)CC1. The van der Waals surface area contributed by atoms with Crippen molar-refractivity contribution in [1.29, 1.82) is 0 Å². The van der Waals surface area contributed by atoms with Crippen molar-refractivity contribution < 1.29 is 34.0 Å². The van der Waals surface area contributed by atoms with Crippen LogP contribution < -0.4 is 14.2 Å². The minimum absolute atomic E-state index is 0.0205. The van der Waals surface area contributed by atoms with E-state index in [1.165, 1.54) is 65.5 Å². The molecule has 13 nitrogen and oxygen atoms in total. The highest BCUT2D eigenvalue weighted by Gasteiger charge is 2.31. The number of hydrogen-bond donors (Lipinski definition) is 3. The minimum Gasteiger partial charge on any atom is -0.497 e. The van der Waals surface area contributed by atoms with Crippen LogP contribution in [0, 0.1) is 0 Å². The Morgan fingerprint density at radius 2 is 1.23 bits per heavy atom. The first kappa shape index (κ1) is 42.5. The second-order valence-electron chi connectivity index (χ2n) is 16.9. The summed E-state index contributed by atoms with van der Waals surface area (Å²) in [6.45, 7) is 0.365. The van der Waals surface area contributed by atoms with Crippen molar-refractivity contribution in [2.45, 2.75) is 132 Å². The van der Waals surface area contributed by atoms with E-state index in [2.05, 4.69) is 56.1 Å².